The Morgan fingerprint density at radius 2 is 1.89 bits per heavy atom. The van der Waals surface area contributed by atoms with Crippen LogP contribution in [0.3, 0.4) is 0 Å². The highest BCUT2D eigenvalue weighted by molar-refractivity contribution is 5.06. The molecule has 2 unspecified atom stereocenters. The molecular weight excluding hydrogens is 230 g/mol. The fourth-order valence-corrected chi connectivity index (χ4v) is 4.17. The SMILES string of the molecule is CC1=CC(C)CC(CN[C@H](C)C2CCCCCC2)C1. The van der Waals surface area contributed by atoms with Crippen LogP contribution in [0, 0.1) is 17.8 Å². The Kier molecular flexibility index (Phi) is 5.94. The van der Waals surface area contributed by atoms with Crippen molar-refractivity contribution in [3.63, 3.8) is 0 Å². The number of rotatable bonds is 4. The van der Waals surface area contributed by atoms with Gasteiger partial charge in [0.15, 0.2) is 0 Å². The van der Waals surface area contributed by atoms with E-state index in [0.29, 0.717) is 0 Å². The van der Waals surface area contributed by atoms with Gasteiger partial charge in [-0.25, -0.2) is 0 Å². The molecule has 0 spiro atoms. The van der Waals surface area contributed by atoms with Crippen LogP contribution in [0.1, 0.15) is 72.1 Å². The standard InChI is InChI=1S/C18H33N/c1-14-10-15(2)12-17(11-14)13-19-16(3)18-8-6-4-5-7-9-18/h10,14,16-19H,4-9,11-13H2,1-3H3/t14?,16-,17?/m1/s1. The molecule has 3 atom stereocenters. The molecule has 110 valence electrons. The first kappa shape index (κ1) is 15.1. The Balaban J connectivity index is 1.73. The molecule has 2 aliphatic rings. The third kappa shape index (κ3) is 4.95. The lowest BCUT2D eigenvalue weighted by atomic mass is 9.83. The summed E-state index contributed by atoms with van der Waals surface area (Å²) >= 11 is 0. The summed E-state index contributed by atoms with van der Waals surface area (Å²) in [6, 6.07) is 0.722. The molecule has 1 N–H and O–H groups in total. The van der Waals surface area contributed by atoms with Gasteiger partial charge < -0.3 is 5.32 Å². The quantitative estimate of drug-likeness (QED) is 0.560. The Labute approximate surface area is 120 Å². The summed E-state index contributed by atoms with van der Waals surface area (Å²) in [6.07, 6.45) is 13.9. The van der Waals surface area contributed by atoms with Gasteiger partial charge >= 0.3 is 0 Å². The molecule has 0 bridgehead atoms. The minimum atomic E-state index is 0.722. The molecule has 1 nitrogen and oxygen atoms in total. The Bertz CT molecular complexity index is 286. The van der Waals surface area contributed by atoms with E-state index in [-0.39, 0.29) is 0 Å². The van der Waals surface area contributed by atoms with Gasteiger partial charge in [-0.1, -0.05) is 44.3 Å². The average molecular weight is 263 g/mol. The van der Waals surface area contributed by atoms with Crippen LogP contribution in [0.15, 0.2) is 11.6 Å². The molecule has 2 aliphatic carbocycles. The number of hydrogen-bond donors (Lipinski definition) is 1. The fourth-order valence-electron chi connectivity index (χ4n) is 4.17. The molecular formula is C18H33N. The van der Waals surface area contributed by atoms with E-state index in [9.17, 15) is 0 Å². The molecule has 0 aromatic carbocycles. The predicted octanol–water partition coefficient (Wildman–Crippen LogP) is 4.93. The summed E-state index contributed by atoms with van der Waals surface area (Å²) in [5.74, 6) is 2.59. The van der Waals surface area contributed by atoms with Crippen LogP contribution >= 0.6 is 0 Å². The molecule has 19 heavy (non-hydrogen) atoms. The largest absolute Gasteiger partial charge is 0.314 e. The van der Waals surface area contributed by atoms with Crippen molar-refractivity contribution in [3.05, 3.63) is 11.6 Å². The molecule has 0 aliphatic heterocycles. The molecule has 0 amide bonds. The lowest BCUT2D eigenvalue weighted by molar-refractivity contribution is 0.300. The number of hydrogen-bond acceptors (Lipinski definition) is 1. The van der Waals surface area contributed by atoms with E-state index in [2.05, 4.69) is 32.2 Å². The van der Waals surface area contributed by atoms with E-state index >= 15 is 0 Å². The monoisotopic (exact) mass is 263 g/mol. The van der Waals surface area contributed by atoms with Crippen molar-refractivity contribution in [1.82, 2.24) is 5.32 Å². The van der Waals surface area contributed by atoms with Crippen LogP contribution in [0.25, 0.3) is 0 Å². The van der Waals surface area contributed by atoms with Gasteiger partial charge in [-0.15, -0.1) is 0 Å². The lowest BCUT2D eigenvalue weighted by Gasteiger charge is -2.29. The Hall–Kier alpha value is -0.300. The van der Waals surface area contributed by atoms with Crippen molar-refractivity contribution >= 4 is 0 Å². The van der Waals surface area contributed by atoms with Crippen molar-refractivity contribution in [1.29, 1.82) is 0 Å². The molecule has 0 aromatic heterocycles. The third-order valence-corrected chi connectivity index (χ3v) is 5.22. The first-order valence-corrected chi connectivity index (χ1v) is 8.56. The van der Waals surface area contributed by atoms with Crippen LogP contribution in [0.5, 0.6) is 0 Å². The van der Waals surface area contributed by atoms with Gasteiger partial charge in [-0.2, -0.15) is 0 Å². The maximum Gasteiger partial charge on any atom is 0.00671 e. The minimum Gasteiger partial charge on any atom is -0.314 e. The van der Waals surface area contributed by atoms with Gasteiger partial charge in [0.25, 0.3) is 0 Å². The molecule has 0 aromatic rings. The molecule has 1 heteroatoms. The van der Waals surface area contributed by atoms with E-state index in [4.69, 9.17) is 0 Å². The van der Waals surface area contributed by atoms with E-state index < -0.39 is 0 Å². The van der Waals surface area contributed by atoms with E-state index in [0.717, 1.165) is 23.8 Å². The molecule has 1 fully saturated rings. The smallest absolute Gasteiger partial charge is 0.00671 e. The number of allylic oxidation sites excluding steroid dienone is 2. The van der Waals surface area contributed by atoms with Gasteiger partial charge in [0, 0.05) is 6.04 Å². The second-order valence-electron chi connectivity index (χ2n) is 7.24. The maximum absolute atomic E-state index is 3.86. The molecule has 2 rings (SSSR count). The van der Waals surface area contributed by atoms with Crippen LogP contribution in [0.2, 0.25) is 0 Å². The summed E-state index contributed by atoms with van der Waals surface area (Å²) in [4.78, 5) is 0. The zero-order valence-corrected chi connectivity index (χ0v) is 13.3. The highest BCUT2D eigenvalue weighted by Gasteiger charge is 2.22. The highest BCUT2D eigenvalue weighted by atomic mass is 14.9. The maximum atomic E-state index is 3.86. The van der Waals surface area contributed by atoms with Crippen molar-refractivity contribution < 1.29 is 0 Å². The predicted molar refractivity (Wildman–Crippen MR) is 84.3 cm³/mol. The first-order chi connectivity index (χ1) is 9.15. The summed E-state index contributed by atoms with van der Waals surface area (Å²) in [7, 11) is 0. The zero-order valence-electron chi connectivity index (χ0n) is 13.3. The molecule has 0 saturated heterocycles. The van der Waals surface area contributed by atoms with E-state index in [1.807, 2.05) is 0 Å². The Morgan fingerprint density at radius 3 is 2.53 bits per heavy atom. The van der Waals surface area contributed by atoms with Crippen LogP contribution in [-0.4, -0.2) is 12.6 Å². The van der Waals surface area contributed by atoms with Gasteiger partial charge in [-0.3, -0.25) is 0 Å². The summed E-state index contributed by atoms with van der Waals surface area (Å²) in [5, 5.41) is 3.86. The minimum absolute atomic E-state index is 0.722. The van der Waals surface area contributed by atoms with Crippen LogP contribution < -0.4 is 5.32 Å². The first-order valence-electron chi connectivity index (χ1n) is 8.56. The van der Waals surface area contributed by atoms with E-state index in [1.54, 1.807) is 5.57 Å². The van der Waals surface area contributed by atoms with Crippen molar-refractivity contribution in [2.75, 3.05) is 6.54 Å². The summed E-state index contributed by atoms with van der Waals surface area (Å²) in [6.45, 7) is 8.32. The molecule has 0 heterocycles. The lowest BCUT2D eigenvalue weighted by Crippen LogP contribution is -2.37. The Morgan fingerprint density at radius 1 is 1.21 bits per heavy atom. The van der Waals surface area contributed by atoms with Crippen LogP contribution in [-0.2, 0) is 0 Å². The normalized spacial score (nSPS) is 31.6. The van der Waals surface area contributed by atoms with Gasteiger partial charge in [0.1, 0.15) is 0 Å². The molecule has 1 saturated carbocycles. The average Bonchev–Trinajstić information content (AvgIpc) is 2.63. The zero-order chi connectivity index (χ0) is 13.7. The van der Waals surface area contributed by atoms with Crippen molar-refractivity contribution in [2.24, 2.45) is 17.8 Å². The number of nitrogens with one attached hydrogen (secondary N) is 1. The van der Waals surface area contributed by atoms with Crippen LogP contribution in [0.4, 0.5) is 0 Å². The second kappa shape index (κ2) is 7.47. The van der Waals surface area contributed by atoms with E-state index in [1.165, 1.54) is 57.9 Å². The molecule has 0 radical (unpaired) electrons. The van der Waals surface area contributed by atoms with Gasteiger partial charge in [-0.05, 0) is 63.8 Å². The van der Waals surface area contributed by atoms with Crippen molar-refractivity contribution in [3.8, 4) is 0 Å². The van der Waals surface area contributed by atoms with Crippen molar-refractivity contribution in [2.45, 2.75) is 78.2 Å². The second-order valence-corrected chi connectivity index (χ2v) is 7.24. The highest BCUT2D eigenvalue weighted by Crippen LogP contribution is 2.29. The third-order valence-electron chi connectivity index (χ3n) is 5.22. The van der Waals surface area contributed by atoms with Gasteiger partial charge in [0.05, 0.1) is 0 Å². The topological polar surface area (TPSA) is 12.0 Å². The summed E-state index contributed by atoms with van der Waals surface area (Å²) in [5.41, 5.74) is 1.60. The fraction of sp³-hybridized carbons (Fsp3) is 0.889. The van der Waals surface area contributed by atoms with Gasteiger partial charge in [0.2, 0.25) is 0 Å². The summed E-state index contributed by atoms with van der Waals surface area (Å²) < 4.78 is 0.